The number of hydrogen-bond acceptors (Lipinski definition) is 3. The summed E-state index contributed by atoms with van der Waals surface area (Å²) in [6.07, 6.45) is 5.48. The predicted octanol–water partition coefficient (Wildman–Crippen LogP) is 3.25. The summed E-state index contributed by atoms with van der Waals surface area (Å²) in [5, 5.41) is 2.06. The minimum atomic E-state index is 0.722. The molecule has 0 spiro atoms. The van der Waals surface area contributed by atoms with Crippen molar-refractivity contribution in [2.75, 3.05) is 0 Å². The summed E-state index contributed by atoms with van der Waals surface area (Å²) in [4.78, 5) is 5.55. The molecule has 80 valence electrons. The van der Waals surface area contributed by atoms with Crippen LogP contribution in [0, 0.1) is 0 Å². The number of nitrogens with zero attached hydrogens (tertiary/aromatic N) is 2. The van der Waals surface area contributed by atoms with Crippen LogP contribution >= 0.6 is 11.3 Å². The zero-order valence-corrected chi connectivity index (χ0v) is 9.35. The molecule has 0 radical (unpaired) electrons. The minimum absolute atomic E-state index is 0.722. The number of thiophene rings is 1. The van der Waals surface area contributed by atoms with Crippen LogP contribution < -0.4 is 0 Å². The largest absolute Gasteiger partial charge is 0.467 e. The van der Waals surface area contributed by atoms with Crippen molar-refractivity contribution >= 4 is 11.3 Å². The molecular weight excluding hydrogens is 220 g/mol. The minimum Gasteiger partial charge on any atom is -0.467 e. The Morgan fingerprint density at radius 2 is 2.31 bits per heavy atom. The van der Waals surface area contributed by atoms with Crippen molar-refractivity contribution in [2.45, 2.75) is 6.54 Å². The third-order valence-electron chi connectivity index (χ3n) is 2.36. The highest BCUT2D eigenvalue weighted by Crippen LogP contribution is 2.23. The summed E-state index contributed by atoms with van der Waals surface area (Å²) in [6.45, 7) is 0.722. The summed E-state index contributed by atoms with van der Waals surface area (Å²) >= 11 is 1.69. The third-order valence-corrected chi connectivity index (χ3v) is 3.23. The van der Waals surface area contributed by atoms with Crippen LogP contribution in [0.1, 0.15) is 5.76 Å². The Bertz CT molecular complexity index is 552. The Hall–Kier alpha value is -1.81. The first-order valence-corrected chi connectivity index (χ1v) is 5.89. The normalized spacial score (nSPS) is 10.8. The highest BCUT2D eigenvalue weighted by atomic mass is 32.1. The van der Waals surface area contributed by atoms with Crippen molar-refractivity contribution in [1.29, 1.82) is 0 Å². The molecule has 0 aliphatic carbocycles. The highest BCUT2D eigenvalue weighted by Gasteiger charge is 2.07. The van der Waals surface area contributed by atoms with Crippen molar-refractivity contribution in [2.24, 2.45) is 0 Å². The fraction of sp³-hybridized carbons (Fsp3) is 0.0833. The molecule has 16 heavy (non-hydrogen) atoms. The van der Waals surface area contributed by atoms with E-state index in [2.05, 4.69) is 21.0 Å². The van der Waals surface area contributed by atoms with E-state index in [0.29, 0.717) is 0 Å². The topological polar surface area (TPSA) is 31.0 Å². The van der Waals surface area contributed by atoms with Crippen LogP contribution in [0.5, 0.6) is 0 Å². The number of imidazole rings is 1. The van der Waals surface area contributed by atoms with Gasteiger partial charge in [0.15, 0.2) is 0 Å². The molecule has 3 heterocycles. The van der Waals surface area contributed by atoms with Gasteiger partial charge in [0.1, 0.15) is 11.6 Å². The lowest BCUT2D eigenvalue weighted by atomic mass is 10.4. The van der Waals surface area contributed by atoms with Gasteiger partial charge in [0.2, 0.25) is 0 Å². The Balaban J connectivity index is 1.94. The van der Waals surface area contributed by atoms with Gasteiger partial charge in [-0.1, -0.05) is 6.07 Å². The van der Waals surface area contributed by atoms with Gasteiger partial charge in [0, 0.05) is 12.4 Å². The van der Waals surface area contributed by atoms with Gasteiger partial charge in [-0.15, -0.1) is 11.3 Å². The van der Waals surface area contributed by atoms with E-state index in [9.17, 15) is 0 Å². The maximum Gasteiger partial charge on any atom is 0.150 e. The van der Waals surface area contributed by atoms with Gasteiger partial charge in [0.05, 0.1) is 17.7 Å². The lowest BCUT2D eigenvalue weighted by molar-refractivity contribution is 0.494. The average molecular weight is 230 g/mol. The highest BCUT2D eigenvalue weighted by molar-refractivity contribution is 7.13. The second-order valence-electron chi connectivity index (χ2n) is 3.44. The number of aromatic nitrogens is 2. The van der Waals surface area contributed by atoms with Crippen molar-refractivity contribution in [3.63, 3.8) is 0 Å². The van der Waals surface area contributed by atoms with Crippen LogP contribution in [0.3, 0.4) is 0 Å². The van der Waals surface area contributed by atoms with Gasteiger partial charge in [-0.05, 0) is 23.6 Å². The Labute approximate surface area is 97.0 Å². The lowest BCUT2D eigenvalue weighted by Crippen LogP contribution is -1.98. The van der Waals surface area contributed by atoms with E-state index in [4.69, 9.17) is 4.42 Å². The summed E-state index contributed by atoms with van der Waals surface area (Å²) < 4.78 is 7.42. The lowest BCUT2D eigenvalue weighted by Gasteiger charge is -2.03. The van der Waals surface area contributed by atoms with Crippen LogP contribution in [0.15, 0.2) is 52.7 Å². The second-order valence-corrected chi connectivity index (χ2v) is 4.38. The monoisotopic (exact) mass is 230 g/mol. The molecule has 0 bridgehead atoms. The molecule has 3 aromatic rings. The van der Waals surface area contributed by atoms with Crippen molar-refractivity contribution in [1.82, 2.24) is 9.55 Å². The van der Waals surface area contributed by atoms with Gasteiger partial charge in [-0.25, -0.2) is 4.98 Å². The summed E-state index contributed by atoms with van der Waals surface area (Å²) in [5.74, 6) is 1.93. The standard InChI is InChI=1S/C12H10N2OS/c1-3-10(15-7-1)9-14-6-5-13-12(14)11-4-2-8-16-11/h1-8H,9H2. The number of hydrogen-bond donors (Lipinski definition) is 0. The zero-order valence-electron chi connectivity index (χ0n) is 8.54. The molecule has 0 unspecified atom stereocenters. The maximum atomic E-state index is 5.33. The Kier molecular flexibility index (Phi) is 2.34. The van der Waals surface area contributed by atoms with Crippen molar-refractivity contribution in [3.05, 3.63) is 54.1 Å². The molecule has 4 heteroatoms. The fourth-order valence-electron chi connectivity index (χ4n) is 1.64. The van der Waals surface area contributed by atoms with Crippen LogP contribution in [0.2, 0.25) is 0 Å². The molecule has 0 aliphatic rings. The van der Waals surface area contributed by atoms with E-state index < -0.39 is 0 Å². The molecule has 0 amide bonds. The van der Waals surface area contributed by atoms with Gasteiger partial charge in [-0.2, -0.15) is 0 Å². The molecule has 0 N–H and O–H groups in total. The molecule has 0 aromatic carbocycles. The number of furan rings is 1. The molecule has 0 fully saturated rings. The Morgan fingerprint density at radius 1 is 1.31 bits per heavy atom. The molecular formula is C12H10N2OS. The van der Waals surface area contributed by atoms with Gasteiger partial charge < -0.3 is 8.98 Å². The average Bonchev–Trinajstić information content (AvgIpc) is 2.98. The van der Waals surface area contributed by atoms with Gasteiger partial charge in [-0.3, -0.25) is 0 Å². The molecule has 3 aromatic heterocycles. The van der Waals surface area contributed by atoms with E-state index >= 15 is 0 Å². The van der Waals surface area contributed by atoms with E-state index in [0.717, 1.165) is 18.1 Å². The van der Waals surface area contributed by atoms with Crippen molar-refractivity contribution < 1.29 is 4.42 Å². The summed E-state index contributed by atoms with van der Waals surface area (Å²) in [5.41, 5.74) is 0. The first kappa shape index (κ1) is 9.42. The molecule has 0 saturated heterocycles. The van der Waals surface area contributed by atoms with Gasteiger partial charge in [0.25, 0.3) is 0 Å². The summed E-state index contributed by atoms with van der Waals surface area (Å²) in [6, 6.07) is 7.98. The molecule has 0 atom stereocenters. The first-order chi connectivity index (χ1) is 7.93. The predicted molar refractivity (Wildman–Crippen MR) is 63.4 cm³/mol. The van der Waals surface area contributed by atoms with Gasteiger partial charge >= 0.3 is 0 Å². The van der Waals surface area contributed by atoms with E-state index in [1.807, 2.05) is 30.6 Å². The van der Waals surface area contributed by atoms with Crippen molar-refractivity contribution in [3.8, 4) is 10.7 Å². The quantitative estimate of drug-likeness (QED) is 0.691. The van der Waals surface area contributed by atoms with E-state index in [-0.39, 0.29) is 0 Å². The molecule has 3 nitrogen and oxygen atoms in total. The smallest absolute Gasteiger partial charge is 0.150 e. The van der Waals surface area contributed by atoms with Crippen LogP contribution in [-0.4, -0.2) is 9.55 Å². The molecule has 0 saturated carbocycles. The SMILES string of the molecule is c1coc(Cn2ccnc2-c2cccs2)c1. The summed E-state index contributed by atoms with van der Waals surface area (Å²) in [7, 11) is 0. The van der Waals surface area contributed by atoms with E-state index in [1.54, 1.807) is 17.6 Å². The third kappa shape index (κ3) is 1.67. The second kappa shape index (κ2) is 3.98. The Morgan fingerprint density at radius 3 is 3.06 bits per heavy atom. The zero-order chi connectivity index (χ0) is 10.8. The first-order valence-electron chi connectivity index (χ1n) is 5.01. The number of rotatable bonds is 3. The maximum absolute atomic E-state index is 5.33. The fourth-order valence-corrected chi connectivity index (χ4v) is 2.37. The molecule has 0 aliphatic heterocycles. The van der Waals surface area contributed by atoms with Crippen LogP contribution in [0.25, 0.3) is 10.7 Å². The van der Waals surface area contributed by atoms with Crippen LogP contribution in [-0.2, 0) is 6.54 Å². The van der Waals surface area contributed by atoms with Crippen LogP contribution in [0.4, 0.5) is 0 Å². The van der Waals surface area contributed by atoms with E-state index in [1.165, 1.54) is 4.88 Å². The molecule has 3 rings (SSSR count).